The van der Waals surface area contributed by atoms with E-state index in [4.69, 9.17) is 9.47 Å². The van der Waals surface area contributed by atoms with Gasteiger partial charge in [-0.3, -0.25) is 0 Å². The van der Waals surface area contributed by atoms with Crippen molar-refractivity contribution in [3.8, 4) is 17.2 Å². The third kappa shape index (κ3) is 4.81. The smallest absolute Gasteiger partial charge is 0.124 e. The quantitative estimate of drug-likeness (QED) is 0.376. The minimum atomic E-state index is 0.249. The summed E-state index contributed by atoms with van der Waals surface area (Å²) in [5, 5.41) is 20.8. The minimum Gasteiger partial charge on any atom is -0.507 e. The number of aromatic hydroxyl groups is 1. The van der Waals surface area contributed by atoms with E-state index in [0.29, 0.717) is 13.2 Å². The first-order valence-electron chi connectivity index (χ1n) is 9.59. The van der Waals surface area contributed by atoms with Gasteiger partial charge < -0.3 is 25.2 Å². The number of hydrogen-bond acceptors (Lipinski definition) is 5. The molecule has 3 aromatic carbocycles. The SMILES string of the molecule is CCNCCOc1ccc2c(c1)cc(O)c1cc(OCCNCC)ccc12. The summed E-state index contributed by atoms with van der Waals surface area (Å²) < 4.78 is 11.5. The average molecular weight is 368 g/mol. The van der Waals surface area contributed by atoms with Crippen LogP contribution in [0, 0.1) is 0 Å². The molecule has 0 bridgehead atoms. The second kappa shape index (κ2) is 9.44. The molecule has 0 atom stereocenters. The Kier molecular flexibility index (Phi) is 6.74. The van der Waals surface area contributed by atoms with E-state index in [2.05, 4.69) is 24.5 Å². The molecule has 0 aromatic heterocycles. The van der Waals surface area contributed by atoms with Gasteiger partial charge in [0.05, 0.1) is 0 Å². The van der Waals surface area contributed by atoms with Crippen molar-refractivity contribution in [3.05, 3.63) is 42.5 Å². The summed E-state index contributed by atoms with van der Waals surface area (Å²) in [6, 6.07) is 13.6. The fourth-order valence-electron chi connectivity index (χ4n) is 3.12. The first-order valence-corrected chi connectivity index (χ1v) is 9.59. The Morgan fingerprint density at radius 2 is 1.33 bits per heavy atom. The highest BCUT2D eigenvalue weighted by molar-refractivity contribution is 6.10. The molecule has 0 saturated carbocycles. The van der Waals surface area contributed by atoms with E-state index in [1.165, 1.54) is 0 Å². The predicted molar refractivity (Wildman–Crippen MR) is 111 cm³/mol. The maximum Gasteiger partial charge on any atom is 0.124 e. The summed E-state index contributed by atoms with van der Waals surface area (Å²) >= 11 is 0. The van der Waals surface area contributed by atoms with Crippen molar-refractivity contribution >= 4 is 21.5 Å². The summed E-state index contributed by atoms with van der Waals surface area (Å²) in [6.07, 6.45) is 0. The number of fused-ring (bicyclic) bond motifs is 3. The second-order valence-corrected chi connectivity index (χ2v) is 6.39. The second-order valence-electron chi connectivity index (χ2n) is 6.39. The molecule has 0 fully saturated rings. The fraction of sp³-hybridized carbons (Fsp3) is 0.364. The van der Waals surface area contributed by atoms with Crippen LogP contribution in [0.3, 0.4) is 0 Å². The van der Waals surface area contributed by atoms with Crippen LogP contribution in [0.15, 0.2) is 42.5 Å². The summed E-state index contributed by atoms with van der Waals surface area (Å²) in [5.41, 5.74) is 0. The van der Waals surface area contributed by atoms with Crippen LogP contribution in [0.5, 0.6) is 17.2 Å². The van der Waals surface area contributed by atoms with Gasteiger partial charge in [-0.2, -0.15) is 0 Å². The monoisotopic (exact) mass is 368 g/mol. The van der Waals surface area contributed by atoms with Crippen molar-refractivity contribution < 1.29 is 14.6 Å². The lowest BCUT2D eigenvalue weighted by atomic mass is 10.0. The molecule has 5 heteroatoms. The molecule has 0 radical (unpaired) electrons. The first kappa shape index (κ1) is 19.3. The topological polar surface area (TPSA) is 62.8 Å². The lowest BCUT2D eigenvalue weighted by Crippen LogP contribution is -2.20. The summed E-state index contributed by atoms with van der Waals surface area (Å²) in [4.78, 5) is 0. The zero-order valence-electron chi connectivity index (χ0n) is 16.0. The van der Waals surface area contributed by atoms with E-state index in [9.17, 15) is 5.11 Å². The van der Waals surface area contributed by atoms with E-state index < -0.39 is 0 Å². The lowest BCUT2D eigenvalue weighted by molar-refractivity contribution is 0.315. The van der Waals surface area contributed by atoms with Crippen LogP contribution in [0.25, 0.3) is 21.5 Å². The molecular weight excluding hydrogens is 340 g/mol. The van der Waals surface area contributed by atoms with Gasteiger partial charge in [0, 0.05) is 18.5 Å². The Morgan fingerprint density at radius 3 is 1.96 bits per heavy atom. The maximum absolute atomic E-state index is 10.5. The number of hydrogen-bond donors (Lipinski definition) is 3. The molecule has 27 heavy (non-hydrogen) atoms. The normalized spacial score (nSPS) is 11.2. The molecule has 0 amide bonds. The van der Waals surface area contributed by atoms with Crippen molar-refractivity contribution in [2.45, 2.75) is 13.8 Å². The van der Waals surface area contributed by atoms with Gasteiger partial charge in [0.1, 0.15) is 30.5 Å². The minimum absolute atomic E-state index is 0.249. The largest absolute Gasteiger partial charge is 0.507 e. The highest BCUT2D eigenvalue weighted by atomic mass is 16.5. The van der Waals surface area contributed by atoms with E-state index >= 15 is 0 Å². The molecular formula is C22H28N2O3. The van der Waals surface area contributed by atoms with Gasteiger partial charge in [-0.25, -0.2) is 0 Å². The van der Waals surface area contributed by atoms with Gasteiger partial charge in [0.2, 0.25) is 0 Å². The predicted octanol–water partition coefficient (Wildman–Crippen LogP) is 3.68. The Bertz CT molecular complexity index is 895. The zero-order valence-corrected chi connectivity index (χ0v) is 16.0. The van der Waals surface area contributed by atoms with Crippen molar-refractivity contribution in [2.75, 3.05) is 39.4 Å². The van der Waals surface area contributed by atoms with Crippen LogP contribution in [0.4, 0.5) is 0 Å². The number of phenolic OH excluding ortho intramolecular Hbond substituents is 1. The summed E-state index contributed by atoms with van der Waals surface area (Å²) in [5.74, 6) is 1.82. The van der Waals surface area contributed by atoms with Crippen molar-refractivity contribution in [3.63, 3.8) is 0 Å². The Balaban J connectivity index is 1.83. The van der Waals surface area contributed by atoms with E-state index in [1.54, 1.807) is 6.07 Å². The Labute approximate surface area is 160 Å². The van der Waals surface area contributed by atoms with Gasteiger partial charge in [-0.05, 0) is 65.6 Å². The standard InChI is InChI=1S/C22H28N2O3/c1-3-23-9-11-26-17-5-7-19-16(13-17)14-22(25)21-15-18(6-8-20(19)21)27-12-10-24-4-2/h5-8,13-15,23-25H,3-4,9-12H2,1-2H3. The van der Waals surface area contributed by atoms with Crippen LogP contribution in [0.2, 0.25) is 0 Å². The van der Waals surface area contributed by atoms with E-state index in [0.717, 1.165) is 59.2 Å². The number of nitrogens with one attached hydrogen (secondary N) is 2. The average Bonchev–Trinajstić information content (AvgIpc) is 2.69. The first-order chi connectivity index (χ1) is 13.2. The third-order valence-electron chi connectivity index (χ3n) is 4.47. The lowest BCUT2D eigenvalue weighted by Gasteiger charge is -2.12. The molecule has 0 aliphatic carbocycles. The zero-order chi connectivity index (χ0) is 19.1. The number of ether oxygens (including phenoxy) is 2. The molecule has 3 aromatic rings. The molecule has 0 spiro atoms. The number of likely N-dealkylation sites (N-methyl/N-ethyl adjacent to an activating group) is 2. The fourth-order valence-corrected chi connectivity index (χ4v) is 3.12. The molecule has 0 unspecified atom stereocenters. The highest BCUT2D eigenvalue weighted by Gasteiger charge is 2.09. The Hall–Kier alpha value is -2.50. The van der Waals surface area contributed by atoms with Gasteiger partial charge in [0.25, 0.3) is 0 Å². The van der Waals surface area contributed by atoms with Gasteiger partial charge in [-0.15, -0.1) is 0 Å². The molecule has 0 heterocycles. The van der Waals surface area contributed by atoms with E-state index in [-0.39, 0.29) is 5.75 Å². The molecule has 0 aliphatic rings. The molecule has 0 saturated heterocycles. The van der Waals surface area contributed by atoms with Gasteiger partial charge in [-0.1, -0.05) is 19.9 Å². The summed E-state index contributed by atoms with van der Waals surface area (Å²) in [7, 11) is 0. The molecule has 3 rings (SSSR count). The van der Waals surface area contributed by atoms with Crippen LogP contribution in [0.1, 0.15) is 13.8 Å². The van der Waals surface area contributed by atoms with Crippen LogP contribution in [-0.2, 0) is 0 Å². The maximum atomic E-state index is 10.5. The Morgan fingerprint density at radius 1 is 0.741 bits per heavy atom. The van der Waals surface area contributed by atoms with Crippen molar-refractivity contribution in [2.24, 2.45) is 0 Å². The van der Waals surface area contributed by atoms with Crippen LogP contribution >= 0.6 is 0 Å². The molecule has 144 valence electrons. The van der Waals surface area contributed by atoms with E-state index in [1.807, 2.05) is 36.4 Å². The molecule has 3 N–H and O–H groups in total. The number of rotatable bonds is 10. The third-order valence-corrected chi connectivity index (χ3v) is 4.47. The van der Waals surface area contributed by atoms with Crippen LogP contribution < -0.4 is 20.1 Å². The van der Waals surface area contributed by atoms with Gasteiger partial charge in [0.15, 0.2) is 0 Å². The highest BCUT2D eigenvalue weighted by Crippen LogP contribution is 2.36. The molecule has 5 nitrogen and oxygen atoms in total. The van der Waals surface area contributed by atoms with Crippen molar-refractivity contribution in [1.29, 1.82) is 0 Å². The number of benzene rings is 3. The van der Waals surface area contributed by atoms with Crippen molar-refractivity contribution in [1.82, 2.24) is 10.6 Å². The van der Waals surface area contributed by atoms with Gasteiger partial charge >= 0.3 is 0 Å². The molecule has 0 aliphatic heterocycles. The number of phenols is 1. The summed E-state index contributed by atoms with van der Waals surface area (Å²) in [6.45, 7) is 8.83. The van der Waals surface area contributed by atoms with Crippen LogP contribution in [-0.4, -0.2) is 44.5 Å².